The zero-order chi connectivity index (χ0) is 17.2. The van der Waals surface area contributed by atoms with Crippen LogP contribution in [0.3, 0.4) is 0 Å². The maximum absolute atomic E-state index is 12.7. The van der Waals surface area contributed by atoms with E-state index in [-0.39, 0.29) is 11.9 Å². The van der Waals surface area contributed by atoms with Crippen molar-refractivity contribution in [3.63, 3.8) is 0 Å². The van der Waals surface area contributed by atoms with Crippen LogP contribution in [0.2, 0.25) is 0 Å². The lowest BCUT2D eigenvalue weighted by Gasteiger charge is -2.26. The standard InChI is InChI=1S/C21H23N3O/c1-15(24-14-23-19-11-4-5-12-20(19)24)21(25)22-13-17-9-6-8-16-7-2-3-10-18(16)17/h2-5,7,10-12,14-15,17H,6,8-9,13H2,1H3,(H,22,25)/t15-,17-/m0/s1. The van der Waals surface area contributed by atoms with Crippen LogP contribution in [0.25, 0.3) is 11.0 Å². The van der Waals surface area contributed by atoms with Crippen molar-refractivity contribution in [2.45, 2.75) is 38.1 Å². The lowest BCUT2D eigenvalue weighted by atomic mass is 9.83. The van der Waals surface area contributed by atoms with Gasteiger partial charge in [0, 0.05) is 12.5 Å². The van der Waals surface area contributed by atoms with Crippen LogP contribution in [0.5, 0.6) is 0 Å². The van der Waals surface area contributed by atoms with Gasteiger partial charge in [0.2, 0.25) is 5.91 Å². The number of hydrogen-bond acceptors (Lipinski definition) is 2. The number of rotatable bonds is 4. The van der Waals surface area contributed by atoms with Crippen LogP contribution in [-0.4, -0.2) is 22.0 Å². The van der Waals surface area contributed by atoms with E-state index in [0.29, 0.717) is 12.5 Å². The molecule has 4 nitrogen and oxygen atoms in total. The van der Waals surface area contributed by atoms with Crippen LogP contribution in [0.15, 0.2) is 54.9 Å². The van der Waals surface area contributed by atoms with Crippen molar-refractivity contribution in [3.05, 3.63) is 66.0 Å². The minimum absolute atomic E-state index is 0.0474. The highest BCUT2D eigenvalue weighted by Crippen LogP contribution is 2.31. The van der Waals surface area contributed by atoms with Gasteiger partial charge in [-0.15, -0.1) is 0 Å². The Hall–Kier alpha value is -2.62. The maximum Gasteiger partial charge on any atom is 0.242 e. The van der Waals surface area contributed by atoms with Gasteiger partial charge in [-0.05, 0) is 49.4 Å². The summed E-state index contributed by atoms with van der Waals surface area (Å²) >= 11 is 0. The first-order chi connectivity index (χ1) is 12.2. The van der Waals surface area contributed by atoms with Gasteiger partial charge in [0.25, 0.3) is 0 Å². The second-order valence-corrected chi connectivity index (χ2v) is 6.85. The Bertz CT molecular complexity index is 899. The number of fused-ring (bicyclic) bond motifs is 2. The van der Waals surface area contributed by atoms with Gasteiger partial charge in [0.1, 0.15) is 6.04 Å². The minimum Gasteiger partial charge on any atom is -0.354 e. The normalized spacial score (nSPS) is 17.9. The second-order valence-electron chi connectivity index (χ2n) is 6.85. The van der Waals surface area contributed by atoms with Crippen molar-refractivity contribution >= 4 is 16.9 Å². The number of imidazole rings is 1. The summed E-state index contributed by atoms with van der Waals surface area (Å²) in [4.78, 5) is 17.1. The Labute approximate surface area is 147 Å². The monoisotopic (exact) mass is 333 g/mol. The highest BCUT2D eigenvalue weighted by atomic mass is 16.2. The molecule has 1 heterocycles. The van der Waals surface area contributed by atoms with Crippen LogP contribution < -0.4 is 5.32 Å². The van der Waals surface area contributed by atoms with E-state index in [4.69, 9.17) is 0 Å². The van der Waals surface area contributed by atoms with Crippen LogP contribution in [0.4, 0.5) is 0 Å². The van der Waals surface area contributed by atoms with E-state index in [1.807, 2.05) is 35.8 Å². The molecule has 0 saturated carbocycles. The topological polar surface area (TPSA) is 46.9 Å². The SMILES string of the molecule is C[C@@H](C(=O)NC[C@@H]1CCCc2ccccc21)n1cnc2ccccc21. The third kappa shape index (κ3) is 3.04. The molecule has 1 amide bonds. The molecule has 0 bridgehead atoms. The third-order valence-corrected chi connectivity index (χ3v) is 5.29. The first kappa shape index (κ1) is 15.9. The van der Waals surface area contributed by atoms with Crippen LogP contribution in [0.1, 0.15) is 42.9 Å². The zero-order valence-corrected chi connectivity index (χ0v) is 14.5. The van der Waals surface area contributed by atoms with Crippen molar-refractivity contribution in [2.75, 3.05) is 6.54 Å². The van der Waals surface area contributed by atoms with Crippen molar-refractivity contribution in [1.29, 1.82) is 0 Å². The number of carbonyl (C=O) groups excluding carboxylic acids is 1. The summed E-state index contributed by atoms with van der Waals surface area (Å²) in [5.74, 6) is 0.465. The summed E-state index contributed by atoms with van der Waals surface area (Å²) in [6.45, 7) is 2.63. The number of hydrogen-bond donors (Lipinski definition) is 1. The Morgan fingerprint density at radius 3 is 2.96 bits per heavy atom. The molecule has 1 aliphatic rings. The Balaban J connectivity index is 1.46. The van der Waals surface area contributed by atoms with Gasteiger partial charge in [0.15, 0.2) is 0 Å². The number of aromatic nitrogens is 2. The van der Waals surface area contributed by atoms with E-state index in [1.165, 1.54) is 17.5 Å². The van der Waals surface area contributed by atoms with Gasteiger partial charge in [-0.1, -0.05) is 36.4 Å². The molecule has 0 spiro atoms. The lowest BCUT2D eigenvalue weighted by Crippen LogP contribution is -2.34. The third-order valence-electron chi connectivity index (χ3n) is 5.29. The predicted molar refractivity (Wildman–Crippen MR) is 99.6 cm³/mol. The number of nitrogens with one attached hydrogen (secondary N) is 1. The molecule has 2 atom stereocenters. The summed E-state index contributed by atoms with van der Waals surface area (Å²) in [5, 5.41) is 3.16. The Morgan fingerprint density at radius 2 is 2.04 bits per heavy atom. The second kappa shape index (κ2) is 6.71. The van der Waals surface area contributed by atoms with E-state index in [9.17, 15) is 4.79 Å². The van der Waals surface area contributed by atoms with Crippen molar-refractivity contribution < 1.29 is 4.79 Å². The fraction of sp³-hybridized carbons (Fsp3) is 0.333. The van der Waals surface area contributed by atoms with Gasteiger partial charge in [0.05, 0.1) is 17.4 Å². The van der Waals surface area contributed by atoms with E-state index in [2.05, 4.69) is 34.6 Å². The first-order valence-corrected chi connectivity index (χ1v) is 9.01. The van der Waals surface area contributed by atoms with E-state index >= 15 is 0 Å². The number of carbonyl (C=O) groups is 1. The largest absolute Gasteiger partial charge is 0.354 e. The molecule has 3 aromatic rings. The first-order valence-electron chi connectivity index (χ1n) is 9.01. The Morgan fingerprint density at radius 1 is 1.24 bits per heavy atom. The molecule has 0 unspecified atom stereocenters. The van der Waals surface area contributed by atoms with Crippen molar-refractivity contribution in [2.24, 2.45) is 0 Å². The number of aryl methyl sites for hydroxylation is 1. The number of amides is 1. The Kier molecular flexibility index (Phi) is 4.26. The molecule has 25 heavy (non-hydrogen) atoms. The summed E-state index contributed by atoms with van der Waals surface area (Å²) in [7, 11) is 0. The highest BCUT2D eigenvalue weighted by Gasteiger charge is 2.22. The summed E-state index contributed by atoms with van der Waals surface area (Å²) < 4.78 is 1.94. The van der Waals surface area contributed by atoms with Gasteiger partial charge in [-0.3, -0.25) is 4.79 Å². The van der Waals surface area contributed by atoms with Gasteiger partial charge < -0.3 is 9.88 Å². The van der Waals surface area contributed by atoms with Crippen LogP contribution >= 0.6 is 0 Å². The van der Waals surface area contributed by atoms with Crippen molar-refractivity contribution in [1.82, 2.24) is 14.9 Å². The van der Waals surface area contributed by atoms with E-state index in [1.54, 1.807) is 6.33 Å². The summed E-state index contributed by atoms with van der Waals surface area (Å²) in [6.07, 6.45) is 5.24. The molecule has 128 valence electrons. The predicted octanol–water partition coefficient (Wildman–Crippen LogP) is 3.83. The number of nitrogens with zero attached hydrogens (tertiary/aromatic N) is 2. The number of para-hydroxylation sites is 2. The average Bonchev–Trinajstić information content (AvgIpc) is 3.09. The van der Waals surface area contributed by atoms with E-state index in [0.717, 1.165) is 23.9 Å². The van der Waals surface area contributed by atoms with Gasteiger partial charge in [-0.2, -0.15) is 0 Å². The molecule has 0 radical (unpaired) electrons. The molecule has 0 fully saturated rings. The lowest BCUT2D eigenvalue weighted by molar-refractivity contribution is -0.123. The molecular weight excluding hydrogens is 310 g/mol. The molecule has 4 heteroatoms. The van der Waals surface area contributed by atoms with Crippen molar-refractivity contribution in [3.8, 4) is 0 Å². The molecule has 0 aliphatic heterocycles. The van der Waals surface area contributed by atoms with Gasteiger partial charge in [-0.25, -0.2) is 4.98 Å². The summed E-state index contributed by atoms with van der Waals surface area (Å²) in [5.41, 5.74) is 4.74. The number of benzene rings is 2. The quantitative estimate of drug-likeness (QED) is 0.789. The molecule has 0 saturated heterocycles. The summed E-state index contributed by atoms with van der Waals surface area (Å²) in [6, 6.07) is 16.3. The van der Waals surface area contributed by atoms with E-state index < -0.39 is 0 Å². The minimum atomic E-state index is -0.272. The highest BCUT2D eigenvalue weighted by molar-refractivity contribution is 5.83. The molecular formula is C21H23N3O. The van der Waals surface area contributed by atoms with Crippen LogP contribution in [-0.2, 0) is 11.2 Å². The smallest absolute Gasteiger partial charge is 0.242 e. The fourth-order valence-electron chi connectivity index (χ4n) is 3.85. The molecule has 2 aromatic carbocycles. The molecule has 1 aromatic heterocycles. The average molecular weight is 333 g/mol. The van der Waals surface area contributed by atoms with Gasteiger partial charge >= 0.3 is 0 Å². The maximum atomic E-state index is 12.7. The molecule has 1 aliphatic carbocycles. The fourth-order valence-corrected chi connectivity index (χ4v) is 3.85. The molecule has 4 rings (SSSR count). The molecule has 1 N–H and O–H groups in total. The van der Waals surface area contributed by atoms with Crippen LogP contribution in [0, 0.1) is 0 Å². The zero-order valence-electron chi connectivity index (χ0n) is 14.5.